The highest BCUT2D eigenvalue weighted by atomic mass is 16.5. The quantitative estimate of drug-likeness (QED) is 0.686. The van der Waals surface area contributed by atoms with Gasteiger partial charge >= 0.3 is 0 Å². The topological polar surface area (TPSA) is 29.5 Å². The van der Waals surface area contributed by atoms with Gasteiger partial charge in [-0.05, 0) is 33.3 Å². The third-order valence-electron chi connectivity index (χ3n) is 3.35. The Morgan fingerprint density at radius 1 is 1.38 bits per heavy atom. The Morgan fingerprint density at radius 2 is 1.94 bits per heavy atom. The van der Waals surface area contributed by atoms with Crippen molar-refractivity contribution in [3.63, 3.8) is 0 Å². The van der Waals surface area contributed by atoms with E-state index in [4.69, 9.17) is 4.74 Å². The molecule has 0 bridgehead atoms. The van der Waals surface area contributed by atoms with E-state index in [1.165, 1.54) is 0 Å². The summed E-state index contributed by atoms with van der Waals surface area (Å²) in [5.41, 5.74) is 0.707. The van der Waals surface area contributed by atoms with Gasteiger partial charge in [0.05, 0.1) is 18.8 Å². The van der Waals surface area contributed by atoms with Gasteiger partial charge in [-0.3, -0.25) is 9.69 Å². The highest BCUT2D eigenvalue weighted by Crippen LogP contribution is 2.23. The van der Waals surface area contributed by atoms with Crippen LogP contribution in [0.5, 0.6) is 0 Å². The molecule has 1 heterocycles. The highest BCUT2D eigenvalue weighted by molar-refractivity contribution is 5.98. The van der Waals surface area contributed by atoms with E-state index in [0.717, 1.165) is 38.3 Å². The lowest BCUT2D eigenvalue weighted by atomic mass is 9.89. The molecule has 3 nitrogen and oxygen atoms in total. The number of allylic oxidation sites excluding steroid dienone is 1. The van der Waals surface area contributed by atoms with Gasteiger partial charge in [0.1, 0.15) is 0 Å². The first kappa shape index (κ1) is 13.4. The van der Waals surface area contributed by atoms with E-state index < -0.39 is 0 Å². The first-order valence-corrected chi connectivity index (χ1v) is 6.03. The van der Waals surface area contributed by atoms with E-state index in [0.29, 0.717) is 0 Å². The van der Waals surface area contributed by atoms with Crippen LogP contribution in [0.25, 0.3) is 0 Å². The fourth-order valence-electron chi connectivity index (χ4n) is 2.03. The van der Waals surface area contributed by atoms with E-state index in [1.807, 2.05) is 20.8 Å². The zero-order valence-electron chi connectivity index (χ0n) is 10.9. The fourth-order valence-corrected chi connectivity index (χ4v) is 2.03. The van der Waals surface area contributed by atoms with Crippen LogP contribution in [-0.4, -0.2) is 42.5 Å². The van der Waals surface area contributed by atoms with Crippen molar-refractivity contribution in [2.75, 3.05) is 26.3 Å². The summed E-state index contributed by atoms with van der Waals surface area (Å²) >= 11 is 0. The lowest BCUT2D eigenvalue weighted by Crippen LogP contribution is -2.55. The number of carbonyl (C=O) groups excluding carboxylic acids is 1. The smallest absolute Gasteiger partial charge is 0.175 e. The largest absolute Gasteiger partial charge is 0.379 e. The Hall–Kier alpha value is -0.670. The van der Waals surface area contributed by atoms with Gasteiger partial charge in [-0.25, -0.2) is 0 Å². The summed E-state index contributed by atoms with van der Waals surface area (Å²) in [5.74, 6) is 0.219. The number of carbonyl (C=O) groups is 1. The van der Waals surface area contributed by atoms with E-state index in [1.54, 1.807) is 6.08 Å². The summed E-state index contributed by atoms with van der Waals surface area (Å²) < 4.78 is 5.33. The average molecular weight is 225 g/mol. The molecule has 0 N–H and O–H groups in total. The molecule has 0 amide bonds. The summed E-state index contributed by atoms with van der Waals surface area (Å²) in [4.78, 5) is 14.5. The zero-order chi connectivity index (χ0) is 12.2. The van der Waals surface area contributed by atoms with Crippen molar-refractivity contribution in [3.05, 3.63) is 11.6 Å². The van der Waals surface area contributed by atoms with Crippen molar-refractivity contribution in [1.29, 1.82) is 0 Å². The minimum atomic E-state index is -0.360. The van der Waals surface area contributed by atoms with Crippen LogP contribution in [0.3, 0.4) is 0 Å². The van der Waals surface area contributed by atoms with E-state index in [2.05, 4.69) is 11.8 Å². The Bertz CT molecular complexity index is 276. The third kappa shape index (κ3) is 2.92. The molecule has 0 radical (unpaired) electrons. The molecule has 1 aliphatic rings. The lowest BCUT2D eigenvalue weighted by Gasteiger charge is -2.41. The molecule has 0 saturated carbocycles. The number of hydrogen-bond acceptors (Lipinski definition) is 3. The monoisotopic (exact) mass is 225 g/mol. The van der Waals surface area contributed by atoms with Crippen LogP contribution in [0.15, 0.2) is 11.6 Å². The highest BCUT2D eigenvalue weighted by Gasteiger charge is 2.36. The first-order valence-electron chi connectivity index (χ1n) is 6.03. The van der Waals surface area contributed by atoms with Crippen LogP contribution in [-0.2, 0) is 9.53 Å². The standard InChI is InChI=1S/C13H23NO2/c1-5-13(4,12(15)10-11(2)3)14-6-8-16-9-7-14/h10H,5-9H2,1-4H3. The van der Waals surface area contributed by atoms with Gasteiger partial charge in [-0.1, -0.05) is 12.5 Å². The Labute approximate surface area is 98.5 Å². The van der Waals surface area contributed by atoms with Gasteiger partial charge < -0.3 is 4.74 Å². The molecular formula is C13H23NO2. The van der Waals surface area contributed by atoms with Crippen LogP contribution in [0.2, 0.25) is 0 Å². The van der Waals surface area contributed by atoms with Gasteiger partial charge in [-0.2, -0.15) is 0 Å². The molecule has 1 aliphatic heterocycles. The van der Waals surface area contributed by atoms with Crippen molar-refractivity contribution in [3.8, 4) is 0 Å². The maximum Gasteiger partial charge on any atom is 0.175 e. The summed E-state index contributed by atoms with van der Waals surface area (Å²) in [6.45, 7) is 11.2. The maximum atomic E-state index is 12.2. The minimum absolute atomic E-state index is 0.219. The van der Waals surface area contributed by atoms with Crippen LogP contribution in [0, 0.1) is 0 Å². The van der Waals surface area contributed by atoms with Crippen molar-refractivity contribution in [1.82, 2.24) is 4.90 Å². The molecule has 0 aromatic carbocycles. The molecule has 0 aromatic rings. The van der Waals surface area contributed by atoms with E-state index in [9.17, 15) is 4.79 Å². The number of rotatable bonds is 4. The van der Waals surface area contributed by atoms with Gasteiger partial charge in [0, 0.05) is 13.1 Å². The van der Waals surface area contributed by atoms with Crippen molar-refractivity contribution in [2.24, 2.45) is 0 Å². The fraction of sp³-hybridized carbons (Fsp3) is 0.769. The average Bonchev–Trinajstić information content (AvgIpc) is 2.28. The van der Waals surface area contributed by atoms with Crippen LogP contribution in [0.1, 0.15) is 34.1 Å². The van der Waals surface area contributed by atoms with E-state index >= 15 is 0 Å². The molecule has 0 aromatic heterocycles. The van der Waals surface area contributed by atoms with Gasteiger partial charge in [0.25, 0.3) is 0 Å². The molecule has 0 spiro atoms. The lowest BCUT2D eigenvalue weighted by molar-refractivity contribution is -0.128. The molecule has 16 heavy (non-hydrogen) atoms. The summed E-state index contributed by atoms with van der Waals surface area (Å²) in [6.07, 6.45) is 2.61. The Kier molecular flexibility index (Phi) is 4.69. The first-order chi connectivity index (χ1) is 7.50. The molecule has 92 valence electrons. The second-order valence-electron chi connectivity index (χ2n) is 4.81. The van der Waals surface area contributed by atoms with Crippen molar-refractivity contribution >= 4 is 5.78 Å². The Balaban J connectivity index is 2.82. The maximum absolute atomic E-state index is 12.2. The summed E-state index contributed by atoms with van der Waals surface area (Å²) in [7, 11) is 0. The molecule has 3 heteroatoms. The normalized spacial score (nSPS) is 21.2. The second-order valence-corrected chi connectivity index (χ2v) is 4.81. The third-order valence-corrected chi connectivity index (χ3v) is 3.35. The van der Waals surface area contributed by atoms with Crippen LogP contribution in [0.4, 0.5) is 0 Å². The zero-order valence-corrected chi connectivity index (χ0v) is 10.9. The minimum Gasteiger partial charge on any atom is -0.379 e. The van der Waals surface area contributed by atoms with Crippen LogP contribution >= 0.6 is 0 Å². The number of morpholine rings is 1. The van der Waals surface area contributed by atoms with Gasteiger partial charge in [-0.15, -0.1) is 0 Å². The summed E-state index contributed by atoms with van der Waals surface area (Å²) in [6, 6.07) is 0. The molecule has 1 saturated heterocycles. The van der Waals surface area contributed by atoms with Gasteiger partial charge in [0.15, 0.2) is 5.78 Å². The second kappa shape index (κ2) is 5.60. The molecule has 1 unspecified atom stereocenters. The van der Waals surface area contributed by atoms with Crippen molar-refractivity contribution < 1.29 is 9.53 Å². The molecule has 1 fully saturated rings. The molecule has 1 atom stereocenters. The number of nitrogens with zero attached hydrogens (tertiary/aromatic N) is 1. The summed E-state index contributed by atoms with van der Waals surface area (Å²) in [5, 5.41) is 0. The SMILES string of the molecule is CCC(C)(C(=O)C=C(C)C)N1CCOCC1. The van der Waals surface area contributed by atoms with Crippen molar-refractivity contribution in [2.45, 2.75) is 39.7 Å². The molecule has 0 aliphatic carbocycles. The predicted octanol–water partition coefficient (Wildman–Crippen LogP) is 2.02. The Morgan fingerprint density at radius 3 is 2.38 bits per heavy atom. The number of ketones is 1. The number of hydrogen-bond donors (Lipinski definition) is 0. The van der Waals surface area contributed by atoms with E-state index in [-0.39, 0.29) is 11.3 Å². The molecular weight excluding hydrogens is 202 g/mol. The number of ether oxygens (including phenoxy) is 1. The van der Waals surface area contributed by atoms with Gasteiger partial charge in [0.2, 0.25) is 0 Å². The predicted molar refractivity (Wildman–Crippen MR) is 65.5 cm³/mol. The molecule has 1 rings (SSSR count). The van der Waals surface area contributed by atoms with Crippen LogP contribution < -0.4 is 0 Å².